The first kappa shape index (κ1) is 15.9. The second-order valence-electron chi connectivity index (χ2n) is 5.16. The highest BCUT2D eigenvalue weighted by molar-refractivity contribution is 7.14. The molecule has 0 fully saturated rings. The summed E-state index contributed by atoms with van der Waals surface area (Å²) in [5.41, 5.74) is 3.38. The summed E-state index contributed by atoms with van der Waals surface area (Å²) in [6.07, 6.45) is 1.67. The number of hydrogen-bond acceptors (Lipinski definition) is 5. The molecule has 3 aromatic rings. The normalized spacial score (nSPS) is 10.4. The minimum Gasteiger partial charge on any atom is -0.464 e. The Morgan fingerprint density at radius 2 is 2.12 bits per heavy atom. The van der Waals surface area contributed by atoms with Gasteiger partial charge in [0.05, 0.1) is 12.8 Å². The number of methoxy groups -OCH3 is 1. The Hall–Kier alpha value is -2.93. The monoisotopic (exact) mass is 341 g/mol. The molecule has 24 heavy (non-hydrogen) atoms. The number of nitrogens with zero attached hydrogens (tertiary/aromatic N) is 1. The van der Waals surface area contributed by atoms with Crippen LogP contribution in [0.25, 0.3) is 11.3 Å². The van der Waals surface area contributed by atoms with E-state index in [-0.39, 0.29) is 5.91 Å². The molecule has 0 unspecified atom stereocenters. The number of benzene rings is 1. The molecule has 1 amide bonds. The van der Waals surface area contributed by atoms with Crippen LogP contribution in [0, 0.1) is 6.92 Å². The number of ether oxygens (including phenoxy) is 1. The van der Waals surface area contributed by atoms with Crippen LogP contribution in [0.4, 0.5) is 5.13 Å². The van der Waals surface area contributed by atoms with Crippen molar-refractivity contribution in [1.82, 2.24) is 9.97 Å². The van der Waals surface area contributed by atoms with Crippen molar-refractivity contribution in [3.05, 3.63) is 58.7 Å². The van der Waals surface area contributed by atoms with Gasteiger partial charge in [0.2, 0.25) is 0 Å². The average Bonchev–Trinajstić information content (AvgIpc) is 3.23. The molecule has 6 nitrogen and oxygen atoms in total. The van der Waals surface area contributed by atoms with E-state index in [0.717, 1.165) is 11.1 Å². The molecule has 122 valence electrons. The average molecular weight is 341 g/mol. The highest BCUT2D eigenvalue weighted by Gasteiger charge is 2.13. The molecule has 3 rings (SSSR count). The van der Waals surface area contributed by atoms with E-state index in [0.29, 0.717) is 22.1 Å². The Balaban J connectivity index is 1.75. The quantitative estimate of drug-likeness (QED) is 0.712. The molecule has 0 saturated carbocycles. The number of thiazole rings is 1. The van der Waals surface area contributed by atoms with Crippen LogP contribution in [-0.4, -0.2) is 29.0 Å². The molecule has 0 aliphatic carbocycles. The van der Waals surface area contributed by atoms with Gasteiger partial charge in [0, 0.05) is 22.7 Å². The van der Waals surface area contributed by atoms with E-state index in [4.69, 9.17) is 0 Å². The van der Waals surface area contributed by atoms with E-state index >= 15 is 0 Å². The Morgan fingerprint density at radius 1 is 1.29 bits per heavy atom. The predicted molar refractivity (Wildman–Crippen MR) is 92.4 cm³/mol. The summed E-state index contributed by atoms with van der Waals surface area (Å²) in [4.78, 5) is 30.9. The molecular weight excluding hydrogens is 326 g/mol. The van der Waals surface area contributed by atoms with Crippen LogP contribution in [0.15, 0.2) is 41.9 Å². The lowest BCUT2D eigenvalue weighted by molar-refractivity contribution is 0.0594. The summed E-state index contributed by atoms with van der Waals surface area (Å²) in [5, 5.41) is 5.10. The number of nitrogens with one attached hydrogen (secondary N) is 2. The molecule has 0 spiro atoms. The van der Waals surface area contributed by atoms with E-state index in [9.17, 15) is 9.59 Å². The molecule has 0 atom stereocenters. The molecular formula is C17H15N3O3S. The summed E-state index contributed by atoms with van der Waals surface area (Å²) < 4.78 is 4.66. The number of anilines is 1. The lowest BCUT2D eigenvalue weighted by Crippen LogP contribution is -2.11. The van der Waals surface area contributed by atoms with E-state index in [2.05, 4.69) is 20.0 Å². The largest absolute Gasteiger partial charge is 0.464 e. The van der Waals surface area contributed by atoms with Crippen LogP contribution in [0.2, 0.25) is 0 Å². The van der Waals surface area contributed by atoms with E-state index in [1.54, 1.807) is 18.3 Å². The number of rotatable bonds is 4. The second-order valence-corrected chi connectivity index (χ2v) is 6.01. The topological polar surface area (TPSA) is 84.1 Å². The van der Waals surface area contributed by atoms with E-state index < -0.39 is 5.97 Å². The lowest BCUT2D eigenvalue weighted by atomic mass is 10.1. The predicted octanol–water partition coefficient (Wildman–Crippen LogP) is 3.49. The van der Waals surface area contributed by atoms with Crippen molar-refractivity contribution in [3.63, 3.8) is 0 Å². The van der Waals surface area contributed by atoms with E-state index in [1.165, 1.54) is 18.4 Å². The first-order valence-electron chi connectivity index (χ1n) is 7.17. The van der Waals surface area contributed by atoms with Crippen molar-refractivity contribution in [1.29, 1.82) is 0 Å². The minimum absolute atomic E-state index is 0.205. The fourth-order valence-electron chi connectivity index (χ4n) is 2.19. The second kappa shape index (κ2) is 6.67. The minimum atomic E-state index is -0.440. The SMILES string of the molecule is COC(=O)c1cc(-c2csc(NC(=O)c3cccc(C)c3)n2)c[nH]1. The molecule has 0 aliphatic rings. The number of amides is 1. The molecule has 0 bridgehead atoms. The first-order chi connectivity index (χ1) is 11.6. The third kappa shape index (κ3) is 3.36. The summed E-state index contributed by atoms with van der Waals surface area (Å²) >= 11 is 1.32. The molecule has 2 N–H and O–H groups in total. The van der Waals surface area contributed by atoms with Crippen LogP contribution >= 0.6 is 11.3 Å². The van der Waals surface area contributed by atoms with Crippen molar-refractivity contribution >= 4 is 28.3 Å². The van der Waals surface area contributed by atoms with Gasteiger partial charge in [-0.25, -0.2) is 9.78 Å². The maximum absolute atomic E-state index is 12.2. The molecule has 7 heteroatoms. The number of carbonyl (C=O) groups excluding carboxylic acids is 2. The molecule has 0 saturated heterocycles. The van der Waals surface area contributed by atoms with Gasteiger partial charge in [-0.05, 0) is 25.1 Å². The molecule has 2 heterocycles. The zero-order valence-electron chi connectivity index (χ0n) is 13.1. The van der Waals surface area contributed by atoms with Gasteiger partial charge in [-0.15, -0.1) is 11.3 Å². The highest BCUT2D eigenvalue weighted by Crippen LogP contribution is 2.26. The zero-order chi connectivity index (χ0) is 17.1. The third-order valence-corrected chi connectivity index (χ3v) is 4.15. The third-order valence-electron chi connectivity index (χ3n) is 3.39. The van der Waals surface area contributed by atoms with Crippen LogP contribution in [0.1, 0.15) is 26.4 Å². The summed E-state index contributed by atoms with van der Waals surface area (Å²) in [7, 11) is 1.32. The van der Waals surface area contributed by atoms with Gasteiger partial charge in [-0.3, -0.25) is 10.1 Å². The van der Waals surface area contributed by atoms with Crippen molar-refractivity contribution in [3.8, 4) is 11.3 Å². The summed E-state index contributed by atoms with van der Waals surface area (Å²) in [6.45, 7) is 1.93. The van der Waals surface area contributed by atoms with Gasteiger partial charge in [0.25, 0.3) is 5.91 Å². The fourth-order valence-corrected chi connectivity index (χ4v) is 2.90. The molecule has 0 aliphatic heterocycles. The summed E-state index contributed by atoms with van der Waals surface area (Å²) in [6, 6.07) is 9.01. The number of hydrogen-bond donors (Lipinski definition) is 2. The number of esters is 1. The van der Waals surface area contributed by atoms with Gasteiger partial charge in [0.1, 0.15) is 5.69 Å². The maximum Gasteiger partial charge on any atom is 0.354 e. The molecule has 1 aromatic carbocycles. The number of aryl methyl sites for hydroxylation is 1. The van der Waals surface area contributed by atoms with Gasteiger partial charge in [-0.1, -0.05) is 17.7 Å². The van der Waals surface area contributed by atoms with Crippen LogP contribution in [0.5, 0.6) is 0 Å². The van der Waals surface area contributed by atoms with Crippen molar-refractivity contribution < 1.29 is 14.3 Å². The Bertz CT molecular complexity index is 898. The standard InChI is InChI=1S/C17H15N3O3S/c1-10-4-3-5-11(6-10)15(21)20-17-19-14(9-24-17)12-7-13(18-8-12)16(22)23-2/h3-9,18H,1-2H3,(H,19,20,21). The van der Waals surface area contributed by atoms with Crippen LogP contribution in [0.3, 0.4) is 0 Å². The summed E-state index contributed by atoms with van der Waals surface area (Å²) in [5.74, 6) is -0.645. The Kier molecular flexibility index (Phi) is 4.43. The number of H-pyrrole nitrogens is 1. The van der Waals surface area contributed by atoms with Crippen LogP contribution in [-0.2, 0) is 4.74 Å². The number of aromatic nitrogens is 2. The Morgan fingerprint density at radius 3 is 2.88 bits per heavy atom. The van der Waals surface area contributed by atoms with Crippen molar-refractivity contribution in [2.24, 2.45) is 0 Å². The Labute approximate surface area is 142 Å². The molecule has 2 aromatic heterocycles. The highest BCUT2D eigenvalue weighted by atomic mass is 32.1. The van der Waals surface area contributed by atoms with Gasteiger partial charge < -0.3 is 9.72 Å². The van der Waals surface area contributed by atoms with Gasteiger partial charge in [0.15, 0.2) is 5.13 Å². The fraction of sp³-hybridized carbons (Fsp3) is 0.118. The first-order valence-corrected chi connectivity index (χ1v) is 8.05. The maximum atomic E-state index is 12.2. The van der Waals surface area contributed by atoms with Crippen LogP contribution < -0.4 is 5.32 Å². The van der Waals surface area contributed by atoms with Gasteiger partial charge in [-0.2, -0.15) is 0 Å². The lowest BCUT2D eigenvalue weighted by Gasteiger charge is -2.02. The number of carbonyl (C=O) groups is 2. The zero-order valence-corrected chi connectivity index (χ0v) is 13.9. The number of aromatic amines is 1. The van der Waals surface area contributed by atoms with E-state index in [1.807, 2.05) is 30.5 Å². The van der Waals surface area contributed by atoms with Crippen molar-refractivity contribution in [2.75, 3.05) is 12.4 Å². The van der Waals surface area contributed by atoms with Gasteiger partial charge >= 0.3 is 5.97 Å². The van der Waals surface area contributed by atoms with Crippen molar-refractivity contribution in [2.45, 2.75) is 6.92 Å². The smallest absolute Gasteiger partial charge is 0.354 e. The molecule has 0 radical (unpaired) electrons.